The van der Waals surface area contributed by atoms with Crippen molar-refractivity contribution in [1.29, 1.82) is 5.26 Å². The molecule has 0 unspecified atom stereocenters. The van der Waals surface area contributed by atoms with Gasteiger partial charge < -0.3 is 14.6 Å². The molecule has 7 heteroatoms. The fourth-order valence-corrected chi connectivity index (χ4v) is 6.62. The number of nitriles is 1. The molecule has 0 spiro atoms. The van der Waals surface area contributed by atoms with Gasteiger partial charge >= 0.3 is 0 Å². The second-order valence-electron chi connectivity index (χ2n) is 11.4. The third kappa shape index (κ3) is 7.28. The fourth-order valence-electron chi connectivity index (χ4n) is 6.32. The van der Waals surface area contributed by atoms with Crippen molar-refractivity contribution in [3.05, 3.63) is 117 Å². The molecule has 0 aromatic heterocycles. The highest BCUT2D eigenvalue weighted by Gasteiger charge is 2.25. The topological polar surface area (TPSA) is 64.4 Å². The quantitative estimate of drug-likeness (QED) is 0.171. The summed E-state index contributed by atoms with van der Waals surface area (Å²) in [4.78, 5) is 29.2. The third-order valence-corrected chi connectivity index (χ3v) is 9.40. The largest absolute Gasteiger partial charge is 0.341 e. The second kappa shape index (κ2) is 14.2. The van der Waals surface area contributed by atoms with Crippen molar-refractivity contribution in [3.8, 4) is 6.07 Å². The summed E-state index contributed by atoms with van der Waals surface area (Å²) in [6.45, 7) is 3.35. The number of likely N-dealkylation sites (N-methyl/N-ethyl adjacent to an activating group) is 1. The van der Waals surface area contributed by atoms with E-state index in [-0.39, 0.29) is 11.8 Å². The molecule has 1 atom stereocenters. The summed E-state index contributed by atoms with van der Waals surface area (Å²) in [6, 6.07) is 27.4. The van der Waals surface area contributed by atoms with Crippen LogP contribution < -0.4 is 0 Å². The van der Waals surface area contributed by atoms with Crippen LogP contribution in [0.3, 0.4) is 0 Å². The molecule has 0 saturated carbocycles. The maximum atomic E-state index is 13.8. The number of aldehydes is 1. The Morgan fingerprint density at radius 3 is 2.51 bits per heavy atom. The van der Waals surface area contributed by atoms with Gasteiger partial charge in [-0.15, -0.1) is 0 Å². The van der Waals surface area contributed by atoms with Crippen LogP contribution in [0.2, 0.25) is 10.0 Å². The number of fused-ring (bicyclic) bond motifs is 1. The molecule has 0 N–H and O–H groups in total. The number of piperidine rings is 1. The van der Waals surface area contributed by atoms with E-state index in [1.54, 1.807) is 11.0 Å². The average Bonchev–Trinajstić information content (AvgIpc) is 3.04. The first kappa shape index (κ1) is 30.8. The summed E-state index contributed by atoms with van der Waals surface area (Å²) in [5, 5.41) is 12.3. The van der Waals surface area contributed by atoms with Crippen molar-refractivity contribution < 1.29 is 9.59 Å². The number of hydrogen-bond acceptors (Lipinski definition) is 4. The monoisotopic (exact) mass is 611 g/mol. The highest BCUT2D eigenvalue weighted by molar-refractivity contribution is 6.42. The molecule has 5 rings (SSSR count). The Bertz CT molecular complexity index is 1660. The lowest BCUT2D eigenvalue weighted by atomic mass is 9.85. The van der Waals surface area contributed by atoms with Crippen molar-refractivity contribution in [1.82, 2.24) is 9.80 Å². The van der Waals surface area contributed by atoms with E-state index < -0.39 is 0 Å². The molecule has 1 aliphatic rings. The van der Waals surface area contributed by atoms with E-state index in [0.29, 0.717) is 40.1 Å². The van der Waals surface area contributed by atoms with E-state index in [9.17, 15) is 14.9 Å². The van der Waals surface area contributed by atoms with Crippen LogP contribution in [-0.2, 0) is 11.2 Å². The van der Waals surface area contributed by atoms with Crippen LogP contribution in [-0.4, -0.2) is 55.2 Å². The van der Waals surface area contributed by atoms with Crippen molar-refractivity contribution in [3.63, 3.8) is 0 Å². The van der Waals surface area contributed by atoms with E-state index >= 15 is 0 Å². The van der Waals surface area contributed by atoms with Crippen LogP contribution in [0.4, 0.5) is 0 Å². The summed E-state index contributed by atoms with van der Waals surface area (Å²) in [6.07, 6.45) is 4.40. The number of carbonyl (C=O) groups excluding carboxylic acids is 2. The van der Waals surface area contributed by atoms with Crippen molar-refractivity contribution in [2.24, 2.45) is 0 Å². The molecule has 43 heavy (non-hydrogen) atoms. The molecule has 1 heterocycles. The number of amides is 1. The van der Waals surface area contributed by atoms with Crippen LogP contribution in [0.5, 0.6) is 0 Å². The smallest absolute Gasteiger partial charge is 0.254 e. The molecule has 0 aliphatic carbocycles. The van der Waals surface area contributed by atoms with Gasteiger partial charge in [-0.2, -0.15) is 5.26 Å². The Hall–Kier alpha value is -3.69. The number of likely N-dealkylation sites (tertiary alicyclic amines) is 1. The lowest BCUT2D eigenvalue weighted by Crippen LogP contribution is -2.36. The lowest BCUT2D eigenvalue weighted by Gasteiger charge is -2.34. The minimum Gasteiger partial charge on any atom is -0.341 e. The Morgan fingerprint density at radius 2 is 1.77 bits per heavy atom. The highest BCUT2D eigenvalue weighted by atomic mass is 35.5. The number of carbonyl (C=O) groups is 2. The van der Waals surface area contributed by atoms with Gasteiger partial charge in [-0.1, -0.05) is 77.8 Å². The van der Waals surface area contributed by atoms with Crippen molar-refractivity contribution in [2.75, 3.05) is 33.2 Å². The SMILES string of the molecule is CN(C[C@@H](CCN1CCC(c2ccccc2CC=O)CC1)c1ccc(Cl)c(Cl)c1)C(=O)c1cc(C#N)cc2ccccc12. The molecule has 0 bridgehead atoms. The second-order valence-corrected chi connectivity index (χ2v) is 12.2. The number of nitrogens with zero attached hydrogens (tertiary/aromatic N) is 3. The average molecular weight is 613 g/mol. The molecule has 0 radical (unpaired) electrons. The van der Waals surface area contributed by atoms with Gasteiger partial charge in [0.05, 0.1) is 21.7 Å². The lowest BCUT2D eigenvalue weighted by molar-refractivity contribution is -0.107. The van der Waals surface area contributed by atoms with Crippen molar-refractivity contribution >= 4 is 46.2 Å². The standard InChI is InChI=1S/C36H35Cl2N3O2/c1-40(36(43)33-21-25(23-39)20-29-7-3-5-9-32(29)33)24-30(28-10-11-34(37)35(38)22-28)14-18-41-16-12-27(13-17-41)31-8-4-2-6-26(31)15-19-42/h2-11,19-22,27,30H,12-18,24H2,1H3/t30-/m1/s1. The van der Waals surface area contributed by atoms with Gasteiger partial charge in [0.1, 0.15) is 6.29 Å². The molecule has 1 amide bonds. The van der Waals surface area contributed by atoms with Crippen LogP contribution in [0.25, 0.3) is 10.8 Å². The van der Waals surface area contributed by atoms with Crippen LogP contribution >= 0.6 is 23.2 Å². The molecule has 1 aliphatic heterocycles. The summed E-state index contributed by atoms with van der Waals surface area (Å²) >= 11 is 12.7. The summed E-state index contributed by atoms with van der Waals surface area (Å²) in [7, 11) is 1.82. The number of rotatable bonds is 10. The van der Waals surface area contributed by atoms with E-state index in [2.05, 4.69) is 29.2 Å². The van der Waals surface area contributed by atoms with Gasteiger partial charge in [0.15, 0.2) is 0 Å². The van der Waals surface area contributed by atoms with Gasteiger partial charge in [-0.3, -0.25) is 4.79 Å². The number of hydrogen-bond donors (Lipinski definition) is 0. The third-order valence-electron chi connectivity index (χ3n) is 8.66. The molecular formula is C36H35Cl2N3O2. The van der Waals surface area contributed by atoms with Gasteiger partial charge in [0.25, 0.3) is 5.91 Å². The minimum atomic E-state index is -0.117. The van der Waals surface area contributed by atoms with Gasteiger partial charge in [0, 0.05) is 31.5 Å². The molecular weight excluding hydrogens is 577 g/mol. The summed E-state index contributed by atoms with van der Waals surface area (Å²) in [5.41, 5.74) is 4.48. The first-order valence-electron chi connectivity index (χ1n) is 14.7. The van der Waals surface area contributed by atoms with E-state index in [4.69, 9.17) is 23.2 Å². The van der Waals surface area contributed by atoms with Crippen LogP contribution in [0.1, 0.15) is 63.7 Å². The van der Waals surface area contributed by atoms with E-state index in [0.717, 1.165) is 67.1 Å². The van der Waals surface area contributed by atoms with Crippen molar-refractivity contribution in [2.45, 2.75) is 37.5 Å². The summed E-state index contributed by atoms with van der Waals surface area (Å²) < 4.78 is 0. The van der Waals surface area contributed by atoms with E-state index in [1.807, 2.05) is 61.6 Å². The Balaban J connectivity index is 1.30. The van der Waals surface area contributed by atoms with Crippen LogP contribution in [0.15, 0.2) is 78.9 Å². The maximum absolute atomic E-state index is 13.8. The molecule has 5 nitrogen and oxygen atoms in total. The normalized spacial score (nSPS) is 14.7. The van der Waals surface area contributed by atoms with E-state index in [1.165, 1.54) is 5.56 Å². The Labute approximate surface area is 263 Å². The highest BCUT2D eigenvalue weighted by Crippen LogP contribution is 2.33. The zero-order valence-electron chi connectivity index (χ0n) is 24.3. The van der Waals surface area contributed by atoms with Gasteiger partial charge in [-0.05, 0) is 96.5 Å². The molecule has 1 fully saturated rings. The molecule has 4 aromatic rings. The predicted molar refractivity (Wildman–Crippen MR) is 174 cm³/mol. The molecule has 220 valence electrons. The first-order valence-corrected chi connectivity index (χ1v) is 15.5. The van der Waals surface area contributed by atoms with Gasteiger partial charge in [-0.25, -0.2) is 0 Å². The maximum Gasteiger partial charge on any atom is 0.254 e. The first-order chi connectivity index (χ1) is 20.9. The predicted octanol–water partition coefficient (Wildman–Crippen LogP) is 7.89. The zero-order valence-corrected chi connectivity index (χ0v) is 25.8. The number of benzene rings is 4. The molecule has 1 saturated heterocycles. The zero-order chi connectivity index (χ0) is 30.3. The van der Waals surface area contributed by atoms with Crippen LogP contribution in [0, 0.1) is 11.3 Å². The number of halogens is 2. The summed E-state index contributed by atoms with van der Waals surface area (Å²) in [5.74, 6) is 0.384. The fraction of sp³-hybridized carbons (Fsp3) is 0.306. The minimum absolute atomic E-state index is 0.0418. The molecule has 4 aromatic carbocycles. The Kier molecular flexibility index (Phi) is 10.1. The Morgan fingerprint density at radius 1 is 1.02 bits per heavy atom. The van der Waals surface area contributed by atoms with Gasteiger partial charge in [0.2, 0.25) is 0 Å².